The fourth-order valence-electron chi connectivity index (χ4n) is 1.29. The molecule has 80 valence electrons. The summed E-state index contributed by atoms with van der Waals surface area (Å²) in [4.78, 5) is 26.2. The van der Waals surface area contributed by atoms with Gasteiger partial charge < -0.3 is 5.11 Å². The van der Waals surface area contributed by atoms with Crippen LogP contribution in [0.5, 0.6) is 0 Å². The van der Waals surface area contributed by atoms with Crippen LogP contribution in [-0.2, 0) is 16.6 Å². The number of carboxylic acids is 1. The second-order valence-corrected chi connectivity index (χ2v) is 3.55. The van der Waals surface area contributed by atoms with Crippen molar-refractivity contribution in [3.63, 3.8) is 0 Å². The van der Waals surface area contributed by atoms with Crippen molar-refractivity contribution in [3.8, 4) is 0 Å². The van der Waals surface area contributed by atoms with E-state index in [2.05, 4.69) is 15.4 Å². The number of amides is 1. The zero-order valence-electron chi connectivity index (χ0n) is 8.10. The lowest BCUT2D eigenvalue weighted by atomic mass is 10.1. The summed E-state index contributed by atoms with van der Waals surface area (Å²) >= 11 is 0. The number of nitrogens with one attached hydrogen (secondary N) is 1. The van der Waals surface area contributed by atoms with Gasteiger partial charge >= 0.3 is 5.97 Å². The molecule has 1 aliphatic carbocycles. The van der Waals surface area contributed by atoms with E-state index in [4.69, 9.17) is 5.11 Å². The van der Waals surface area contributed by atoms with Crippen LogP contribution in [0.3, 0.4) is 0 Å². The Kier molecular flexibility index (Phi) is 1.95. The molecule has 0 aromatic carbocycles. The summed E-state index contributed by atoms with van der Waals surface area (Å²) in [7, 11) is 1.61. The number of hydrogen-bond donors (Lipinski definition) is 2. The van der Waals surface area contributed by atoms with Crippen LogP contribution < -0.4 is 5.32 Å². The van der Waals surface area contributed by atoms with Crippen molar-refractivity contribution in [2.45, 2.75) is 12.8 Å². The highest BCUT2D eigenvalue weighted by molar-refractivity contribution is 6.10. The van der Waals surface area contributed by atoms with Gasteiger partial charge in [0, 0.05) is 7.05 Å². The maximum absolute atomic E-state index is 11.6. The van der Waals surface area contributed by atoms with E-state index in [1.807, 2.05) is 0 Å². The van der Waals surface area contributed by atoms with Gasteiger partial charge in [0.15, 0.2) is 0 Å². The SMILES string of the molecule is Cn1ncnc1NC(=O)C1(C(=O)O)CC1. The largest absolute Gasteiger partial charge is 0.480 e. The van der Waals surface area contributed by atoms with E-state index in [1.165, 1.54) is 11.0 Å². The van der Waals surface area contributed by atoms with E-state index in [0.29, 0.717) is 12.8 Å². The first-order valence-electron chi connectivity index (χ1n) is 4.45. The van der Waals surface area contributed by atoms with Gasteiger partial charge in [-0.3, -0.25) is 14.9 Å². The Hall–Kier alpha value is -1.92. The number of aromatic nitrogens is 3. The summed E-state index contributed by atoms with van der Waals surface area (Å²) in [6.45, 7) is 0. The minimum Gasteiger partial charge on any atom is -0.480 e. The molecule has 1 fully saturated rings. The van der Waals surface area contributed by atoms with Crippen LogP contribution in [0, 0.1) is 5.41 Å². The van der Waals surface area contributed by atoms with Crippen molar-refractivity contribution < 1.29 is 14.7 Å². The van der Waals surface area contributed by atoms with Crippen LogP contribution in [0.2, 0.25) is 0 Å². The van der Waals surface area contributed by atoms with Gasteiger partial charge in [-0.15, -0.1) is 0 Å². The van der Waals surface area contributed by atoms with E-state index in [-0.39, 0.29) is 5.95 Å². The first-order chi connectivity index (χ1) is 7.06. The first-order valence-corrected chi connectivity index (χ1v) is 4.45. The Morgan fingerprint density at radius 3 is 2.67 bits per heavy atom. The second-order valence-electron chi connectivity index (χ2n) is 3.55. The predicted molar refractivity (Wildman–Crippen MR) is 48.9 cm³/mol. The zero-order chi connectivity index (χ0) is 11.1. The Labute approximate surface area is 85.1 Å². The lowest BCUT2D eigenvalue weighted by Gasteiger charge is -2.09. The van der Waals surface area contributed by atoms with E-state index in [1.54, 1.807) is 7.05 Å². The number of hydrogen-bond acceptors (Lipinski definition) is 4. The Morgan fingerprint density at radius 2 is 2.27 bits per heavy atom. The molecule has 0 spiro atoms. The minimum absolute atomic E-state index is 0.257. The van der Waals surface area contributed by atoms with Crippen LogP contribution in [-0.4, -0.2) is 31.7 Å². The van der Waals surface area contributed by atoms with Crippen LogP contribution >= 0.6 is 0 Å². The summed E-state index contributed by atoms with van der Waals surface area (Å²) in [6, 6.07) is 0. The van der Waals surface area contributed by atoms with E-state index >= 15 is 0 Å². The highest BCUT2D eigenvalue weighted by Gasteiger charge is 2.57. The molecule has 7 heteroatoms. The van der Waals surface area contributed by atoms with Crippen molar-refractivity contribution in [3.05, 3.63) is 6.33 Å². The van der Waals surface area contributed by atoms with Crippen LogP contribution in [0.25, 0.3) is 0 Å². The summed E-state index contributed by atoms with van der Waals surface area (Å²) in [6.07, 6.45) is 2.05. The third kappa shape index (κ3) is 1.45. The van der Waals surface area contributed by atoms with Gasteiger partial charge in [-0.05, 0) is 12.8 Å². The second kappa shape index (κ2) is 3.04. The van der Waals surface area contributed by atoms with Crippen molar-refractivity contribution >= 4 is 17.8 Å². The molecule has 0 aliphatic heterocycles. The van der Waals surface area contributed by atoms with Crippen molar-refractivity contribution in [2.24, 2.45) is 12.5 Å². The molecule has 0 saturated heterocycles. The molecule has 0 radical (unpaired) electrons. The van der Waals surface area contributed by atoms with Crippen LogP contribution in [0.1, 0.15) is 12.8 Å². The number of carboxylic acid groups (broad SMARTS) is 1. The third-order valence-electron chi connectivity index (χ3n) is 2.53. The van der Waals surface area contributed by atoms with Crippen LogP contribution in [0.15, 0.2) is 6.33 Å². The number of rotatable bonds is 3. The fourth-order valence-corrected chi connectivity index (χ4v) is 1.29. The lowest BCUT2D eigenvalue weighted by molar-refractivity contribution is -0.147. The van der Waals surface area contributed by atoms with E-state index < -0.39 is 17.3 Å². The lowest BCUT2D eigenvalue weighted by Crippen LogP contribution is -2.32. The van der Waals surface area contributed by atoms with Crippen molar-refractivity contribution in [1.29, 1.82) is 0 Å². The molecule has 1 saturated carbocycles. The zero-order valence-corrected chi connectivity index (χ0v) is 8.10. The molecule has 1 amide bonds. The van der Waals surface area contributed by atoms with Gasteiger partial charge in [0.05, 0.1) is 0 Å². The molecular weight excluding hydrogens is 200 g/mol. The van der Waals surface area contributed by atoms with E-state index in [9.17, 15) is 9.59 Å². The first kappa shape index (κ1) is 9.63. The number of nitrogens with zero attached hydrogens (tertiary/aromatic N) is 3. The number of aliphatic carboxylic acids is 1. The van der Waals surface area contributed by atoms with Crippen LogP contribution in [0.4, 0.5) is 5.95 Å². The smallest absolute Gasteiger partial charge is 0.319 e. The van der Waals surface area contributed by atoms with E-state index in [0.717, 1.165) is 0 Å². The monoisotopic (exact) mass is 210 g/mol. The maximum Gasteiger partial charge on any atom is 0.319 e. The molecule has 1 aromatic heterocycles. The summed E-state index contributed by atoms with van der Waals surface area (Å²) in [5, 5.41) is 15.1. The van der Waals surface area contributed by atoms with Gasteiger partial charge in [-0.2, -0.15) is 10.1 Å². The molecular formula is C8H10N4O3. The van der Waals surface area contributed by atoms with Gasteiger partial charge in [0.25, 0.3) is 0 Å². The maximum atomic E-state index is 11.6. The molecule has 0 unspecified atom stereocenters. The average Bonchev–Trinajstić information content (AvgIpc) is 2.89. The molecule has 2 rings (SSSR count). The number of carbonyl (C=O) groups excluding carboxylic acids is 1. The molecule has 2 N–H and O–H groups in total. The molecule has 0 bridgehead atoms. The number of aryl methyl sites for hydroxylation is 1. The normalized spacial score (nSPS) is 17.1. The highest BCUT2D eigenvalue weighted by atomic mass is 16.4. The van der Waals surface area contributed by atoms with Gasteiger partial charge in [0.1, 0.15) is 11.7 Å². The average molecular weight is 210 g/mol. The number of anilines is 1. The van der Waals surface area contributed by atoms with Gasteiger partial charge in [-0.1, -0.05) is 0 Å². The summed E-state index contributed by atoms with van der Waals surface area (Å²) in [5.74, 6) is -1.35. The fraction of sp³-hybridized carbons (Fsp3) is 0.500. The molecule has 15 heavy (non-hydrogen) atoms. The molecule has 7 nitrogen and oxygen atoms in total. The van der Waals surface area contributed by atoms with Crippen molar-refractivity contribution in [1.82, 2.24) is 14.8 Å². The Balaban J connectivity index is 2.11. The Morgan fingerprint density at radius 1 is 1.60 bits per heavy atom. The number of carbonyl (C=O) groups is 2. The third-order valence-corrected chi connectivity index (χ3v) is 2.53. The Bertz CT molecular complexity index is 421. The molecule has 1 aliphatic rings. The molecule has 1 aromatic rings. The highest BCUT2D eigenvalue weighted by Crippen LogP contribution is 2.46. The predicted octanol–water partition coefficient (Wildman–Crippen LogP) is -0.382. The standard InChI is InChI=1S/C8H10N4O3/c1-12-7(9-4-10-12)11-5(13)8(2-3-8)6(14)15/h4H,2-3H2,1H3,(H,14,15)(H,9,10,11,13). The molecule has 0 atom stereocenters. The molecule has 1 heterocycles. The summed E-state index contributed by atoms with van der Waals surface area (Å²) < 4.78 is 1.37. The van der Waals surface area contributed by atoms with Gasteiger partial charge in [0.2, 0.25) is 11.9 Å². The topological polar surface area (TPSA) is 97.1 Å². The van der Waals surface area contributed by atoms with Crippen molar-refractivity contribution in [2.75, 3.05) is 5.32 Å². The minimum atomic E-state index is -1.24. The quantitative estimate of drug-likeness (QED) is 0.662. The summed E-state index contributed by atoms with van der Waals surface area (Å²) in [5.41, 5.74) is -1.24. The van der Waals surface area contributed by atoms with Gasteiger partial charge in [-0.25, -0.2) is 4.68 Å².